The Labute approximate surface area is 182 Å². The zero-order valence-corrected chi connectivity index (χ0v) is 19.1. The first-order valence-corrected chi connectivity index (χ1v) is 12.4. The maximum atomic E-state index is 12.6. The van der Waals surface area contributed by atoms with Crippen LogP contribution in [0.4, 0.5) is 0 Å². The van der Waals surface area contributed by atoms with Gasteiger partial charge in [0, 0.05) is 17.3 Å². The van der Waals surface area contributed by atoms with Gasteiger partial charge in [0.05, 0.1) is 40.6 Å². The lowest BCUT2D eigenvalue weighted by Gasteiger charge is -2.12. The molecular weight excluding hydrogens is 468 g/mol. The molecule has 0 saturated heterocycles. The van der Waals surface area contributed by atoms with Crippen molar-refractivity contribution in [3.05, 3.63) is 68.8 Å². The van der Waals surface area contributed by atoms with Crippen LogP contribution in [0, 0.1) is 6.92 Å². The molecule has 4 rings (SSSR count). The van der Waals surface area contributed by atoms with Crippen LogP contribution in [0.1, 0.15) is 17.8 Å². The van der Waals surface area contributed by atoms with E-state index < -0.39 is 9.84 Å². The van der Waals surface area contributed by atoms with Crippen molar-refractivity contribution in [2.24, 2.45) is 0 Å². The number of nitrogens with zero attached hydrogens (tertiary/aromatic N) is 4. The second-order valence-corrected chi connectivity index (χ2v) is 10.6. The third-order valence-corrected chi connectivity index (χ3v) is 6.51. The fraction of sp³-hybridized carbons (Fsp3) is 0.286. The van der Waals surface area contributed by atoms with Crippen molar-refractivity contribution in [2.75, 3.05) is 12.0 Å². The lowest BCUT2D eigenvalue weighted by molar-refractivity contribution is 0.586. The number of fused-ring (bicyclic) bond motifs is 2. The van der Waals surface area contributed by atoms with Gasteiger partial charge < -0.3 is 4.57 Å². The molecule has 0 aliphatic heterocycles. The number of aromatic nitrogens is 4. The minimum absolute atomic E-state index is 0.0973. The first kappa shape index (κ1) is 20.7. The summed E-state index contributed by atoms with van der Waals surface area (Å²) < 4.78 is 27.7. The van der Waals surface area contributed by atoms with Gasteiger partial charge in [-0.3, -0.25) is 9.36 Å². The van der Waals surface area contributed by atoms with Gasteiger partial charge in [-0.05, 0) is 49.2 Å². The Bertz CT molecular complexity index is 1420. The molecule has 0 spiro atoms. The maximum Gasteiger partial charge on any atom is 0.269 e. The predicted molar refractivity (Wildman–Crippen MR) is 122 cm³/mol. The van der Waals surface area contributed by atoms with E-state index in [1.807, 2.05) is 47.9 Å². The van der Waals surface area contributed by atoms with Crippen LogP contribution >= 0.6 is 15.9 Å². The molecule has 0 aliphatic carbocycles. The molecular formula is C21H21BrN4O3S. The molecule has 0 bridgehead atoms. The average molecular weight is 489 g/mol. The SMILES string of the molecule is Cc1ccc2c(c1)ncc(=O)n2Cc1nc2cc(Br)ccc2n1CCCS(C)(=O)=O. The van der Waals surface area contributed by atoms with Gasteiger partial charge in [-0.1, -0.05) is 22.0 Å². The van der Waals surface area contributed by atoms with E-state index in [1.54, 1.807) is 4.57 Å². The highest BCUT2D eigenvalue weighted by Gasteiger charge is 2.15. The summed E-state index contributed by atoms with van der Waals surface area (Å²) in [4.78, 5) is 21.6. The fourth-order valence-electron chi connectivity index (χ4n) is 3.59. The standard InChI is InChI=1S/C21H21BrN4O3S/c1-14-4-6-18-16(10-14)23-12-21(27)26(18)13-20-24-17-11-15(22)5-7-19(17)25(20)8-3-9-30(2,28)29/h4-7,10-12H,3,8-9,13H2,1-2H3. The summed E-state index contributed by atoms with van der Waals surface area (Å²) in [7, 11) is -3.05. The van der Waals surface area contributed by atoms with Gasteiger partial charge in [0.15, 0.2) is 0 Å². The second kappa shape index (κ2) is 7.96. The van der Waals surface area contributed by atoms with Crippen molar-refractivity contribution in [3.63, 3.8) is 0 Å². The van der Waals surface area contributed by atoms with Crippen LogP contribution in [0.15, 0.2) is 51.9 Å². The molecule has 156 valence electrons. The third kappa shape index (κ3) is 4.32. The summed E-state index contributed by atoms with van der Waals surface area (Å²) in [6, 6.07) is 11.6. The average Bonchev–Trinajstić information content (AvgIpc) is 2.99. The molecule has 0 fully saturated rings. The minimum atomic E-state index is -3.05. The van der Waals surface area contributed by atoms with E-state index in [1.165, 1.54) is 12.5 Å². The van der Waals surface area contributed by atoms with Crippen LogP contribution in [-0.4, -0.2) is 39.5 Å². The lowest BCUT2D eigenvalue weighted by Crippen LogP contribution is -2.23. The number of hydrogen-bond donors (Lipinski definition) is 0. The van der Waals surface area contributed by atoms with Crippen molar-refractivity contribution >= 4 is 47.8 Å². The highest BCUT2D eigenvalue weighted by atomic mass is 79.9. The van der Waals surface area contributed by atoms with Gasteiger partial charge in [0.2, 0.25) is 0 Å². The normalized spacial score (nSPS) is 12.1. The molecule has 2 aromatic heterocycles. The lowest BCUT2D eigenvalue weighted by atomic mass is 10.2. The first-order valence-electron chi connectivity index (χ1n) is 9.50. The van der Waals surface area contributed by atoms with Crippen LogP contribution in [0.2, 0.25) is 0 Å². The van der Waals surface area contributed by atoms with E-state index in [2.05, 4.69) is 20.9 Å². The van der Waals surface area contributed by atoms with E-state index in [4.69, 9.17) is 4.98 Å². The van der Waals surface area contributed by atoms with E-state index >= 15 is 0 Å². The van der Waals surface area contributed by atoms with E-state index in [0.29, 0.717) is 18.8 Å². The van der Waals surface area contributed by atoms with Crippen molar-refractivity contribution in [2.45, 2.75) is 26.4 Å². The number of halogens is 1. The Morgan fingerprint density at radius 2 is 1.77 bits per heavy atom. The van der Waals surface area contributed by atoms with Gasteiger partial charge >= 0.3 is 0 Å². The van der Waals surface area contributed by atoms with Crippen molar-refractivity contribution in [1.82, 2.24) is 19.1 Å². The molecule has 0 atom stereocenters. The molecule has 4 aromatic rings. The summed E-state index contributed by atoms with van der Waals surface area (Å²) in [6.45, 7) is 2.75. The highest BCUT2D eigenvalue weighted by Crippen LogP contribution is 2.23. The smallest absolute Gasteiger partial charge is 0.269 e. The number of imidazole rings is 1. The van der Waals surface area contributed by atoms with Crippen molar-refractivity contribution in [3.8, 4) is 0 Å². The van der Waals surface area contributed by atoms with E-state index in [9.17, 15) is 13.2 Å². The van der Waals surface area contributed by atoms with E-state index in [-0.39, 0.29) is 17.9 Å². The predicted octanol–water partition coefficient (Wildman–Crippen LogP) is 3.30. The monoisotopic (exact) mass is 488 g/mol. The number of aryl methyl sites for hydroxylation is 2. The number of rotatable bonds is 6. The van der Waals surface area contributed by atoms with Crippen molar-refractivity contribution in [1.29, 1.82) is 0 Å². The molecule has 0 unspecified atom stereocenters. The van der Waals surface area contributed by atoms with Gasteiger partial charge in [-0.15, -0.1) is 0 Å². The van der Waals surface area contributed by atoms with Crippen LogP contribution in [0.25, 0.3) is 22.1 Å². The molecule has 0 amide bonds. The van der Waals surface area contributed by atoms with Crippen LogP contribution in [0.3, 0.4) is 0 Å². The molecule has 9 heteroatoms. The molecule has 0 N–H and O–H groups in total. The minimum Gasteiger partial charge on any atom is -0.326 e. The van der Waals surface area contributed by atoms with Crippen LogP contribution < -0.4 is 5.56 Å². The zero-order chi connectivity index (χ0) is 21.5. The molecule has 0 saturated carbocycles. The van der Waals surface area contributed by atoms with Crippen molar-refractivity contribution < 1.29 is 8.42 Å². The Kier molecular flexibility index (Phi) is 5.50. The Balaban J connectivity index is 1.81. The first-order chi connectivity index (χ1) is 14.2. The van der Waals surface area contributed by atoms with Crippen LogP contribution in [0.5, 0.6) is 0 Å². The third-order valence-electron chi connectivity index (χ3n) is 4.99. The molecule has 2 heterocycles. The highest BCUT2D eigenvalue weighted by molar-refractivity contribution is 9.10. The van der Waals surface area contributed by atoms with E-state index in [0.717, 1.165) is 32.1 Å². The van der Waals surface area contributed by atoms with Gasteiger partial charge in [0.25, 0.3) is 5.56 Å². The summed E-state index contributed by atoms with van der Waals surface area (Å²) >= 11 is 3.47. The van der Waals surface area contributed by atoms with Crippen LogP contribution in [-0.2, 0) is 22.9 Å². The Morgan fingerprint density at radius 3 is 2.53 bits per heavy atom. The summed E-state index contributed by atoms with van der Waals surface area (Å²) in [5.74, 6) is 0.798. The summed E-state index contributed by atoms with van der Waals surface area (Å²) in [6.07, 6.45) is 3.04. The quantitative estimate of drug-likeness (QED) is 0.415. The fourth-order valence-corrected chi connectivity index (χ4v) is 4.59. The second-order valence-electron chi connectivity index (χ2n) is 7.47. The Morgan fingerprint density at radius 1 is 1.03 bits per heavy atom. The zero-order valence-electron chi connectivity index (χ0n) is 16.7. The Hall–Kier alpha value is -2.52. The van der Waals surface area contributed by atoms with Gasteiger partial charge in [-0.25, -0.2) is 18.4 Å². The molecule has 7 nitrogen and oxygen atoms in total. The summed E-state index contributed by atoms with van der Waals surface area (Å²) in [5.41, 5.74) is 4.05. The topological polar surface area (TPSA) is 86.8 Å². The molecule has 0 aliphatic rings. The largest absolute Gasteiger partial charge is 0.326 e. The molecule has 0 radical (unpaired) electrons. The number of sulfone groups is 1. The van der Waals surface area contributed by atoms with Gasteiger partial charge in [0.1, 0.15) is 15.7 Å². The maximum absolute atomic E-state index is 12.6. The number of hydrogen-bond acceptors (Lipinski definition) is 5. The molecule has 30 heavy (non-hydrogen) atoms. The van der Waals surface area contributed by atoms with Gasteiger partial charge in [-0.2, -0.15) is 0 Å². The number of benzene rings is 2. The summed E-state index contributed by atoms with van der Waals surface area (Å²) in [5, 5.41) is 0. The molecule has 2 aromatic carbocycles.